The second kappa shape index (κ2) is 7.16. The van der Waals surface area contributed by atoms with E-state index in [2.05, 4.69) is 23.6 Å². The van der Waals surface area contributed by atoms with Crippen LogP contribution in [0.1, 0.15) is 18.1 Å². The fourth-order valence-corrected chi connectivity index (χ4v) is 1.61. The maximum absolute atomic E-state index is 9.62. The van der Waals surface area contributed by atoms with E-state index < -0.39 is 0 Å². The van der Waals surface area contributed by atoms with Gasteiger partial charge in [-0.05, 0) is 18.6 Å². The molecular formula is C15H16INO. The SMILES string of the molecule is CC[n+]1ccc(C=Cc2ccccc2O)cc1.[I-]. The van der Waals surface area contributed by atoms with Crippen molar-refractivity contribution in [3.8, 4) is 5.75 Å². The van der Waals surface area contributed by atoms with Gasteiger partial charge in [-0.2, -0.15) is 0 Å². The van der Waals surface area contributed by atoms with Crippen molar-refractivity contribution in [1.29, 1.82) is 0 Å². The van der Waals surface area contributed by atoms with Crippen molar-refractivity contribution in [3.63, 3.8) is 0 Å². The molecule has 0 fully saturated rings. The molecule has 1 heterocycles. The molecule has 0 amide bonds. The standard InChI is InChI=1S/C15H15NO.HI/c1-2-16-11-9-13(10-12-16)7-8-14-5-3-4-6-15(14)17;/h3-12H,2H2,1H3;1H. The molecule has 2 aromatic rings. The number of rotatable bonds is 3. The summed E-state index contributed by atoms with van der Waals surface area (Å²) in [6.07, 6.45) is 8.01. The van der Waals surface area contributed by atoms with Gasteiger partial charge in [0.05, 0.1) is 0 Å². The average Bonchev–Trinajstić information content (AvgIpc) is 2.38. The minimum absolute atomic E-state index is 0. The van der Waals surface area contributed by atoms with Gasteiger partial charge in [-0.1, -0.05) is 30.4 Å². The van der Waals surface area contributed by atoms with Crippen molar-refractivity contribution in [1.82, 2.24) is 0 Å². The van der Waals surface area contributed by atoms with E-state index in [1.54, 1.807) is 6.07 Å². The Morgan fingerprint density at radius 3 is 2.33 bits per heavy atom. The maximum Gasteiger partial charge on any atom is 0.169 e. The third kappa shape index (κ3) is 3.84. The lowest BCUT2D eigenvalue weighted by Crippen LogP contribution is -3.00. The molecule has 0 saturated carbocycles. The fraction of sp³-hybridized carbons (Fsp3) is 0.133. The minimum atomic E-state index is 0. The Bertz CT molecular complexity index is 520. The molecular weight excluding hydrogens is 337 g/mol. The van der Waals surface area contributed by atoms with Crippen LogP contribution in [0, 0.1) is 0 Å². The van der Waals surface area contributed by atoms with Crippen LogP contribution in [-0.2, 0) is 6.54 Å². The number of hydrogen-bond acceptors (Lipinski definition) is 1. The van der Waals surface area contributed by atoms with Crippen molar-refractivity contribution in [2.75, 3.05) is 0 Å². The monoisotopic (exact) mass is 353 g/mol. The molecule has 0 spiro atoms. The van der Waals surface area contributed by atoms with Gasteiger partial charge >= 0.3 is 0 Å². The highest BCUT2D eigenvalue weighted by Gasteiger charge is 1.96. The van der Waals surface area contributed by atoms with Gasteiger partial charge in [-0.15, -0.1) is 0 Å². The van der Waals surface area contributed by atoms with Gasteiger partial charge in [-0.3, -0.25) is 0 Å². The number of aromatic hydroxyl groups is 1. The van der Waals surface area contributed by atoms with Crippen LogP contribution >= 0.6 is 0 Å². The first-order valence-electron chi connectivity index (χ1n) is 5.75. The summed E-state index contributed by atoms with van der Waals surface area (Å²) in [5.41, 5.74) is 1.96. The summed E-state index contributed by atoms with van der Waals surface area (Å²) < 4.78 is 2.11. The summed E-state index contributed by atoms with van der Waals surface area (Å²) in [5, 5.41) is 9.62. The van der Waals surface area contributed by atoms with Gasteiger partial charge < -0.3 is 29.1 Å². The second-order valence-corrected chi connectivity index (χ2v) is 3.85. The van der Waals surface area contributed by atoms with E-state index in [0.717, 1.165) is 17.7 Å². The van der Waals surface area contributed by atoms with Gasteiger partial charge in [0.2, 0.25) is 0 Å². The van der Waals surface area contributed by atoms with Crippen LogP contribution in [0.15, 0.2) is 48.8 Å². The smallest absolute Gasteiger partial charge is 0.169 e. The Morgan fingerprint density at radius 2 is 1.72 bits per heavy atom. The molecule has 0 aliphatic heterocycles. The zero-order chi connectivity index (χ0) is 12.1. The van der Waals surface area contributed by atoms with Crippen LogP contribution in [0.3, 0.4) is 0 Å². The van der Waals surface area contributed by atoms with Crippen LogP contribution in [-0.4, -0.2) is 5.11 Å². The van der Waals surface area contributed by atoms with Crippen LogP contribution in [0.4, 0.5) is 0 Å². The number of phenolic OH excluding ortho intramolecular Hbond substituents is 1. The van der Waals surface area contributed by atoms with Crippen molar-refractivity contribution in [3.05, 3.63) is 59.9 Å². The van der Waals surface area contributed by atoms with Gasteiger partial charge in [0.1, 0.15) is 12.3 Å². The first-order chi connectivity index (χ1) is 8.29. The Kier molecular flexibility index (Phi) is 5.85. The van der Waals surface area contributed by atoms with E-state index in [1.165, 1.54) is 0 Å². The number of nitrogens with zero attached hydrogens (tertiary/aromatic N) is 1. The van der Waals surface area contributed by atoms with Crippen molar-refractivity contribution < 1.29 is 33.7 Å². The molecule has 0 bridgehead atoms. The number of aryl methyl sites for hydroxylation is 1. The number of aromatic nitrogens is 1. The van der Waals surface area contributed by atoms with E-state index in [1.807, 2.05) is 42.7 Å². The number of pyridine rings is 1. The topological polar surface area (TPSA) is 24.1 Å². The molecule has 2 rings (SSSR count). The highest BCUT2D eigenvalue weighted by atomic mass is 127. The first-order valence-corrected chi connectivity index (χ1v) is 5.75. The summed E-state index contributed by atoms with van der Waals surface area (Å²) in [4.78, 5) is 0. The van der Waals surface area contributed by atoms with Crippen molar-refractivity contribution >= 4 is 12.2 Å². The summed E-state index contributed by atoms with van der Waals surface area (Å²) in [5.74, 6) is 0.309. The molecule has 0 atom stereocenters. The number of para-hydroxylation sites is 1. The molecule has 0 radical (unpaired) electrons. The largest absolute Gasteiger partial charge is 1.00 e. The fourth-order valence-electron chi connectivity index (χ4n) is 1.61. The van der Waals surface area contributed by atoms with Crippen LogP contribution < -0.4 is 28.5 Å². The third-order valence-electron chi connectivity index (χ3n) is 2.67. The lowest BCUT2D eigenvalue weighted by molar-refractivity contribution is -0.693. The van der Waals surface area contributed by atoms with Gasteiger partial charge in [0.25, 0.3) is 0 Å². The third-order valence-corrected chi connectivity index (χ3v) is 2.67. The predicted molar refractivity (Wildman–Crippen MR) is 69.3 cm³/mol. The van der Waals surface area contributed by atoms with Gasteiger partial charge in [-0.25, -0.2) is 4.57 Å². The van der Waals surface area contributed by atoms with Crippen molar-refractivity contribution in [2.24, 2.45) is 0 Å². The van der Waals surface area contributed by atoms with Crippen LogP contribution in [0.25, 0.3) is 12.2 Å². The lowest BCUT2D eigenvalue weighted by Gasteiger charge is -1.97. The van der Waals surface area contributed by atoms with E-state index >= 15 is 0 Å². The number of benzene rings is 1. The highest BCUT2D eigenvalue weighted by molar-refractivity contribution is 5.71. The van der Waals surface area contributed by atoms with Crippen molar-refractivity contribution in [2.45, 2.75) is 13.5 Å². The Hall–Kier alpha value is -1.36. The van der Waals surface area contributed by atoms with Gasteiger partial charge in [0.15, 0.2) is 12.4 Å². The highest BCUT2D eigenvalue weighted by Crippen LogP contribution is 2.18. The summed E-state index contributed by atoms with van der Waals surface area (Å²) in [6.45, 7) is 3.08. The van der Waals surface area contributed by atoms with Crippen LogP contribution in [0.2, 0.25) is 0 Å². The molecule has 1 aromatic carbocycles. The summed E-state index contributed by atoms with van der Waals surface area (Å²) >= 11 is 0. The molecule has 94 valence electrons. The van der Waals surface area contributed by atoms with E-state index in [0.29, 0.717) is 5.75 Å². The minimum Gasteiger partial charge on any atom is -1.00 e. The number of halogens is 1. The van der Waals surface area contributed by atoms with E-state index in [-0.39, 0.29) is 24.0 Å². The van der Waals surface area contributed by atoms with Gasteiger partial charge in [0, 0.05) is 17.7 Å². The molecule has 3 heteroatoms. The predicted octanol–water partition coefficient (Wildman–Crippen LogP) is -0.126. The zero-order valence-corrected chi connectivity index (χ0v) is 12.4. The second-order valence-electron chi connectivity index (χ2n) is 3.85. The molecule has 1 N–H and O–H groups in total. The quantitative estimate of drug-likeness (QED) is 0.604. The molecule has 1 aromatic heterocycles. The molecule has 0 aliphatic carbocycles. The Morgan fingerprint density at radius 1 is 1.06 bits per heavy atom. The zero-order valence-electron chi connectivity index (χ0n) is 10.3. The molecule has 18 heavy (non-hydrogen) atoms. The summed E-state index contributed by atoms with van der Waals surface area (Å²) in [7, 11) is 0. The molecule has 0 unspecified atom stereocenters. The Labute approximate surface area is 125 Å². The lowest BCUT2D eigenvalue weighted by atomic mass is 10.1. The molecule has 0 saturated heterocycles. The molecule has 0 aliphatic rings. The number of hydrogen-bond donors (Lipinski definition) is 1. The maximum atomic E-state index is 9.62. The summed E-state index contributed by atoms with van der Waals surface area (Å²) in [6, 6.07) is 11.4. The number of phenols is 1. The Balaban J connectivity index is 0.00000162. The normalized spacial score (nSPS) is 10.3. The first kappa shape index (κ1) is 14.7. The van der Waals surface area contributed by atoms with E-state index in [4.69, 9.17) is 0 Å². The average molecular weight is 353 g/mol. The van der Waals surface area contributed by atoms with Crippen LogP contribution in [0.5, 0.6) is 5.75 Å². The van der Waals surface area contributed by atoms with E-state index in [9.17, 15) is 5.11 Å². The molecule has 2 nitrogen and oxygen atoms in total.